The van der Waals surface area contributed by atoms with Crippen molar-refractivity contribution in [3.63, 3.8) is 0 Å². The van der Waals surface area contributed by atoms with Gasteiger partial charge in [-0.25, -0.2) is 0 Å². The molecule has 7 atom stereocenters. The van der Waals surface area contributed by atoms with Gasteiger partial charge in [0.25, 0.3) is 0 Å². The first kappa shape index (κ1) is 22.1. The predicted octanol–water partition coefficient (Wildman–Crippen LogP) is 5.18. The van der Waals surface area contributed by atoms with Gasteiger partial charge < -0.3 is 15.0 Å². The Morgan fingerprint density at radius 2 is 1.90 bits per heavy atom. The molecule has 4 aliphatic rings. The molecule has 3 heteroatoms. The van der Waals surface area contributed by atoms with Crippen molar-refractivity contribution in [1.29, 1.82) is 0 Å². The second-order valence-corrected chi connectivity index (χ2v) is 11.5. The summed E-state index contributed by atoms with van der Waals surface area (Å²) in [4.78, 5) is 11.0. The number of allylic oxidation sites excluding steroid dienone is 3. The van der Waals surface area contributed by atoms with Crippen LogP contribution in [-0.4, -0.2) is 17.2 Å². The average molecular weight is 414 g/mol. The summed E-state index contributed by atoms with van der Waals surface area (Å²) >= 11 is 0. The molecule has 0 spiro atoms. The number of rotatable bonds is 5. The third-order valence-electron chi connectivity index (χ3n) is 9.97. The lowest BCUT2D eigenvalue weighted by Crippen LogP contribution is -2.49. The Hall–Kier alpha value is -1.09. The number of carbonyl (C=O) groups is 1. The van der Waals surface area contributed by atoms with Crippen molar-refractivity contribution in [2.45, 2.75) is 104 Å². The standard InChI is InChI=1S/C27H42O3/c1-17(6-5-7-18(2)25(29)30)22-10-11-23-21-9-8-19-16-20(28)12-14-26(19,3)24(21)13-15-27(22,23)4/h8,18,20-21,23-24,28H,5-7,9-16H2,1-4H3,(H,29,30)/p-1/b22-17+/t18-,20-,21-,23-,24-,26-,27+/m0/s1. The van der Waals surface area contributed by atoms with Crippen LogP contribution in [0.3, 0.4) is 0 Å². The van der Waals surface area contributed by atoms with Gasteiger partial charge in [0, 0.05) is 5.97 Å². The van der Waals surface area contributed by atoms with Crippen LogP contribution in [0.2, 0.25) is 0 Å². The first-order chi connectivity index (χ1) is 14.2. The van der Waals surface area contributed by atoms with Crippen molar-refractivity contribution in [3.8, 4) is 0 Å². The second-order valence-electron chi connectivity index (χ2n) is 11.5. The summed E-state index contributed by atoms with van der Waals surface area (Å²) in [5, 5.41) is 21.2. The maximum absolute atomic E-state index is 11.0. The summed E-state index contributed by atoms with van der Waals surface area (Å²) in [7, 11) is 0. The van der Waals surface area contributed by atoms with Crippen LogP contribution in [-0.2, 0) is 4.79 Å². The Morgan fingerprint density at radius 3 is 2.63 bits per heavy atom. The Labute approximate surface area is 183 Å². The second kappa shape index (κ2) is 8.11. The molecule has 1 N–H and O–H groups in total. The third-order valence-corrected chi connectivity index (χ3v) is 9.97. The highest BCUT2D eigenvalue weighted by atomic mass is 16.4. The summed E-state index contributed by atoms with van der Waals surface area (Å²) in [6.45, 7) is 9.11. The summed E-state index contributed by atoms with van der Waals surface area (Å²) in [5.74, 6) is 1.09. The maximum Gasteiger partial charge on any atom is 0.0577 e. The van der Waals surface area contributed by atoms with Crippen LogP contribution in [0, 0.1) is 34.5 Å². The van der Waals surface area contributed by atoms with Crippen LogP contribution in [0.1, 0.15) is 98.3 Å². The van der Waals surface area contributed by atoms with Gasteiger partial charge in [-0.2, -0.15) is 0 Å². The first-order valence-electron chi connectivity index (χ1n) is 12.4. The first-order valence-corrected chi connectivity index (χ1v) is 12.4. The van der Waals surface area contributed by atoms with Gasteiger partial charge >= 0.3 is 0 Å². The zero-order valence-electron chi connectivity index (χ0n) is 19.5. The molecule has 0 radical (unpaired) electrons. The summed E-state index contributed by atoms with van der Waals surface area (Å²) < 4.78 is 0. The SMILES string of the molecule is C/C(CCC[C@H](C)C(=O)[O-])=C1/CC[C@H]2[C@@H]3CC=C4C[C@@H](O)CC[C@]4(C)[C@H]3CC[C@]12C. The van der Waals surface area contributed by atoms with E-state index in [0.717, 1.165) is 56.3 Å². The normalized spacial score (nSPS) is 43.2. The molecule has 3 fully saturated rings. The molecule has 0 aromatic rings. The smallest absolute Gasteiger partial charge is 0.0577 e. The van der Waals surface area contributed by atoms with Crippen LogP contribution in [0.4, 0.5) is 0 Å². The van der Waals surface area contributed by atoms with E-state index in [1.165, 1.54) is 37.7 Å². The number of hydrogen-bond donors (Lipinski definition) is 1. The van der Waals surface area contributed by atoms with E-state index in [4.69, 9.17) is 0 Å². The molecular formula is C27H41O3-. The fourth-order valence-corrected chi connectivity index (χ4v) is 8.10. The van der Waals surface area contributed by atoms with Gasteiger partial charge in [0.05, 0.1) is 6.10 Å². The summed E-state index contributed by atoms with van der Waals surface area (Å²) in [6, 6.07) is 0. The minimum atomic E-state index is -0.917. The van der Waals surface area contributed by atoms with Crippen molar-refractivity contribution in [2.75, 3.05) is 0 Å². The molecular weight excluding hydrogens is 372 g/mol. The number of aliphatic hydroxyl groups is 1. The van der Waals surface area contributed by atoms with Gasteiger partial charge in [-0.1, -0.05) is 43.6 Å². The molecule has 0 aromatic heterocycles. The molecule has 3 nitrogen and oxygen atoms in total. The number of hydrogen-bond acceptors (Lipinski definition) is 3. The fourth-order valence-electron chi connectivity index (χ4n) is 8.10. The number of carboxylic acid groups (broad SMARTS) is 1. The van der Waals surface area contributed by atoms with Gasteiger partial charge in [-0.05, 0) is 112 Å². The van der Waals surface area contributed by atoms with Crippen LogP contribution in [0.5, 0.6) is 0 Å². The zero-order valence-corrected chi connectivity index (χ0v) is 19.5. The lowest BCUT2D eigenvalue weighted by Gasteiger charge is -2.57. The van der Waals surface area contributed by atoms with E-state index < -0.39 is 5.97 Å². The number of aliphatic hydroxyl groups excluding tert-OH is 1. The van der Waals surface area contributed by atoms with Crippen molar-refractivity contribution < 1.29 is 15.0 Å². The lowest BCUT2D eigenvalue weighted by molar-refractivity contribution is -0.311. The molecule has 0 aromatic carbocycles. The number of carbonyl (C=O) groups excluding carboxylic acids is 1. The molecule has 4 aliphatic carbocycles. The zero-order chi connectivity index (χ0) is 21.7. The summed E-state index contributed by atoms with van der Waals surface area (Å²) in [5.41, 5.74) is 5.43. The molecule has 0 amide bonds. The molecule has 0 unspecified atom stereocenters. The molecule has 30 heavy (non-hydrogen) atoms. The lowest BCUT2D eigenvalue weighted by atomic mass is 9.47. The van der Waals surface area contributed by atoms with E-state index in [1.807, 2.05) is 0 Å². The van der Waals surface area contributed by atoms with Gasteiger partial charge in [0.2, 0.25) is 0 Å². The quantitative estimate of drug-likeness (QED) is 0.632. The largest absolute Gasteiger partial charge is 0.550 e. The highest BCUT2D eigenvalue weighted by Crippen LogP contribution is 2.66. The van der Waals surface area contributed by atoms with Crippen molar-refractivity contribution >= 4 is 5.97 Å². The van der Waals surface area contributed by atoms with E-state index >= 15 is 0 Å². The highest BCUT2D eigenvalue weighted by molar-refractivity contribution is 5.66. The van der Waals surface area contributed by atoms with Gasteiger partial charge in [-0.3, -0.25) is 0 Å². The molecule has 0 bridgehead atoms. The van der Waals surface area contributed by atoms with Crippen LogP contribution in [0.15, 0.2) is 22.8 Å². The predicted molar refractivity (Wildman–Crippen MR) is 118 cm³/mol. The Balaban J connectivity index is 1.50. The van der Waals surface area contributed by atoms with Crippen molar-refractivity contribution in [3.05, 3.63) is 22.8 Å². The fraction of sp³-hybridized carbons (Fsp3) is 0.815. The molecule has 3 saturated carbocycles. The minimum absolute atomic E-state index is 0.127. The van der Waals surface area contributed by atoms with Crippen LogP contribution in [0.25, 0.3) is 0 Å². The van der Waals surface area contributed by atoms with Gasteiger partial charge in [0.1, 0.15) is 0 Å². The van der Waals surface area contributed by atoms with Crippen LogP contribution < -0.4 is 5.11 Å². The third kappa shape index (κ3) is 3.59. The van der Waals surface area contributed by atoms with E-state index in [9.17, 15) is 15.0 Å². The van der Waals surface area contributed by atoms with Gasteiger partial charge in [-0.15, -0.1) is 0 Å². The monoisotopic (exact) mass is 413 g/mol. The topological polar surface area (TPSA) is 60.4 Å². The molecule has 0 heterocycles. The Bertz CT molecular complexity index is 749. The van der Waals surface area contributed by atoms with Crippen molar-refractivity contribution in [1.82, 2.24) is 0 Å². The Morgan fingerprint density at radius 1 is 1.20 bits per heavy atom. The van der Waals surface area contributed by atoms with E-state index in [1.54, 1.807) is 18.1 Å². The molecule has 4 rings (SSSR count). The number of carboxylic acids is 1. The number of aliphatic carboxylic acids is 1. The van der Waals surface area contributed by atoms with E-state index in [-0.39, 0.29) is 12.0 Å². The number of fused-ring (bicyclic) bond motifs is 5. The maximum atomic E-state index is 11.0. The minimum Gasteiger partial charge on any atom is -0.550 e. The van der Waals surface area contributed by atoms with E-state index in [2.05, 4.69) is 26.8 Å². The molecule has 0 saturated heterocycles. The average Bonchev–Trinajstić information content (AvgIpc) is 3.05. The molecule has 0 aliphatic heterocycles. The van der Waals surface area contributed by atoms with Crippen LogP contribution >= 0.6 is 0 Å². The van der Waals surface area contributed by atoms with Crippen molar-refractivity contribution in [2.24, 2.45) is 34.5 Å². The Kier molecular flexibility index (Phi) is 5.98. The van der Waals surface area contributed by atoms with Gasteiger partial charge in [0.15, 0.2) is 0 Å². The molecule has 168 valence electrons. The summed E-state index contributed by atoms with van der Waals surface area (Å²) in [6.07, 6.45) is 14.5. The van der Waals surface area contributed by atoms with E-state index in [0.29, 0.717) is 10.8 Å². The highest BCUT2D eigenvalue weighted by Gasteiger charge is 2.57.